The van der Waals surface area contributed by atoms with E-state index in [1.54, 1.807) is 0 Å². The number of hydrogen-bond acceptors (Lipinski definition) is 2. The smallest absolute Gasteiger partial charge is 0.130 e. The first-order valence-corrected chi connectivity index (χ1v) is 11.0. The number of ether oxygens (including phenoxy) is 1. The van der Waals surface area contributed by atoms with Gasteiger partial charge < -0.3 is 10.1 Å². The third-order valence-electron chi connectivity index (χ3n) is 5.40. The number of aliphatic imine (C=N–C) groups is 1. The zero-order valence-electron chi connectivity index (χ0n) is 19.8. The number of nitrogens with zero attached hydrogens (tertiary/aromatic N) is 1. The lowest BCUT2D eigenvalue weighted by Crippen LogP contribution is -2.10. The van der Waals surface area contributed by atoms with Gasteiger partial charge >= 0.3 is 0 Å². The Bertz CT molecular complexity index is 1060. The average molecular weight is 415 g/mol. The maximum atomic E-state index is 6.19. The van der Waals surface area contributed by atoms with E-state index in [4.69, 9.17) is 4.74 Å². The van der Waals surface area contributed by atoms with Crippen LogP contribution in [-0.4, -0.2) is 12.4 Å². The second-order valence-electron chi connectivity index (χ2n) is 9.07. The molecule has 0 atom stereocenters. The summed E-state index contributed by atoms with van der Waals surface area (Å²) >= 11 is 0. The summed E-state index contributed by atoms with van der Waals surface area (Å²) in [6.07, 6.45) is 0. The lowest BCUT2D eigenvalue weighted by Gasteiger charge is -2.19. The zero-order chi connectivity index (χ0) is 22.6. The maximum Gasteiger partial charge on any atom is 0.130 e. The van der Waals surface area contributed by atoms with Crippen LogP contribution in [0.15, 0.2) is 65.7 Å². The maximum absolute atomic E-state index is 6.19. The first kappa shape index (κ1) is 22.6. The normalized spacial score (nSPS) is 12.0. The zero-order valence-corrected chi connectivity index (χ0v) is 19.8. The molecule has 3 aromatic rings. The molecule has 0 fully saturated rings. The van der Waals surface area contributed by atoms with Crippen molar-refractivity contribution < 1.29 is 4.74 Å². The highest BCUT2D eigenvalue weighted by Gasteiger charge is 2.13. The molecule has 0 aromatic heterocycles. The summed E-state index contributed by atoms with van der Waals surface area (Å²) in [4.78, 5) is 4.40. The van der Waals surface area contributed by atoms with Gasteiger partial charge in [-0.2, -0.15) is 0 Å². The van der Waals surface area contributed by atoms with Crippen LogP contribution in [0, 0.1) is 13.8 Å². The van der Waals surface area contributed by atoms with Crippen molar-refractivity contribution in [1.29, 1.82) is 0 Å². The molecule has 0 unspecified atom stereocenters. The van der Waals surface area contributed by atoms with E-state index < -0.39 is 0 Å². The van der Waals surface area contributed by atoms with E-state index in [-0.39, 0.29) is 5.41 Å². The van der Waals surface area contributed by atoms with Crippen LogP contribution in [0.25, 0.3) is 11.1 Å². The fourth-order valence-corrected chi connectivity index (χ4v) is 3.51. The van der Waals surface area contributed by atoms with Crippen molar-refractivity contribution in [3.63, 3.8) is 0 Å². The number of benzene rings is 3. The summed E-state index contributed by atoms with van der Waals surface area (Å²) < 4.78 is 6.19. The van der Waals surface area contributed by atoms with Gasteiger partial charge in [-0.3, -0.25) is 4.99 Å². The Balaban J connectivity index is 1.75. The van der Waals surface area contributed by atoms with Gasteiger partial charge in [-0.25, -0.2) is 0 Å². The molecule has 162 valence electrons. The van der Waals surface area contributed by atoms with Gasteiger partial charge in [-0.05, 0) is 85.2 Å². The average Bonchev–Trinajstić information content (AvgIpc) is 2.72. The summed E-state index contributed by atoms with van der Waals surface area (Å²) in [5.41, 5.74) is 7.18. The van der Waals surface area contributed by atoms with Gasteiger partial charge in [0.05, 0.1) is 5.84 Å². The van der Waals surface area contributed by atoms with Crippen LogP contribution >= 0.6 is 0 Å². The molecule has 0 spiro atoms. The lowest BCUT2D eigenvalue weighted by atomic mass is 9.86. The summed E-state index contributed by atoms with van der Waals surface area (Å²) in [5.74, 6) is 2.63. The molecule has 1 N–H and O–H groups in total. The van der Waals surface area contributed by atoms with Gasteiger partial charge in [0.15, 0.2) is 0 Å². The van der Waals surface area contributed by atoms with Crippen molar-refractivity contribution >= 4 is 11.5 Å². The molecular weight excluding hydrogens is 380 g/mol. The second-order valence-corrected chi connectivity index (χ2v) is 9.07. The van der Waals surface area contributed by atoms with Crippen molar-refractivity contribution in [2.45, 2.75) is 53.9 Å². The minimum Gasteiger partial charge on any atom is -0.457 e. The van der Waals surface area contributed by atoms with Gasteiger partial charge in [0.25, 0.3) is 0 Å². The van der Waals surface area contributed by atoms with Crippen molar-refractivity contribution in [2.24, 2.45) is 4.99 Å². The second kappa shape index (κ2) is 9.38. The summed E-state index contributed by atoms with van der Waals surface area (Å²) in [6.45, 7) is 15.7. The van der Waals surface area contributed by atoms with Crippen molar-refractivity contribution in [3.05, 3.63) is 77.4 Å². The molecule has 0 bridgehead atoms. The first-order valence-electron chi connectivity index (χ1n) is 11.0. The molecule has 0 amide bonds. The van der Waals surface area contributed by atoms with Gasteiger partial charge in [-0.15, -0.1) is 0 Å². The Hall–Kier alpha value is -3.07. The Morgan fingerprint density at radius 1 is 0.871 bits per heavy atom. The number of nitrogens with one attached hydrogen (secondary N) is 1. The van der Waals surface area contributed by atoms with Crippen LogP contribution in [0.2, 0.25) is 0 Å². The Kier molecular flexibility index (Phi) is 6.84. The molecule has 0 aliphatic heterocycles. The largest absolute Gasteiger partial charge is 0.457 e. The van der Waals surface area contributed by atoms with E-state index in [0.717, 1.165) is 40.7 Å². The van der Waals surface area contributed by atoms with Gasteiger partial charge in [0.2, 0.25) is 0 Å². The lowest BCUT2D eigenvalue weighted by molar-refractivity contribution is 0.478. The molecule has 3 aromatic carbocycles. The number of aryl methyl sites for hydroxylation is 2. The van der Waals surface area contributed by atoms with Crippen molar-refractivity contribution in [3.8, 4) is 22.6 Å². The van der Waals surface area contributed by atoms with E-state index in [0.29, 0.717) is 0 Å². The molecule has 0 heterocycles. The summed E-state index contributed by atoms with van der Waals surface area (Å²) in [5, 5.41) is 3.38. The number of rotatable bonds is 5. The SMILES string of the molecule is CCN=C(C)Nc1cc(C)c(Oc2ccc(-c3ccc(C(C)(C)C)cc3)cc2)cc1C. The van der Waals surface area contributed by atoms with Gasteiger partial charge in [-0.1, -0.05) is 57.2 Å². The van der Waals surface area contributed by atoms with E-state index in [1.165, 1.54) is 16.7 Å². The number of hydrogen-bond donors (Lipinski definition) is 1. The van der Waals surface area contributed by atoms with Gasteiger partial charge in [0.1, 0.15) is 11.5 Å². The topological polar surface area (TPSA) is 33.6 Å². The summed E-state index contributed by atoms with van der Waals surface area (Å²) in [6, 6.07) is 21.3. The molecule has 0 saturated heterocycles. The summed E-state index contributed by atoms with van der Waals surface area (Å²) in [7, 11) is 0. The predicted octanol–water partition coefficient (Wildman–Crippen LogP) is 7.91. The first-order chi connectivity index (χ1) is 14.7. The minimum absolute atomic E-state index is 0.165. The molecule has 3 nitrogen and oxygen atoms in total. The monoisotopic (exact) mass is 414 g/mol. The fourth-order valence-electron chi connectivity index (χ4n) is 3.51. The Labute approximate surface area is 187 Å². The number of amidine groups is 1. The fraction of sp³-hybridized carbons (Fsp3) is 0.321. The van der Waals surface area contributed by atoms with Crippen LogP contribution in [0.5, 0.6) is 11.5 Å². The molecule has 3 heteroatoms. The van der Waals surface area contributed by atoms with Crippen LogP contribution in [-0.2, 0) is 5.41 Å². The number of anilines is 1. The minimum atomic E-state index is 0.165. The van der Waals surface area contributed by atoms with E-state index in [2.05, 4.69) is 93.5 Å². The van der Waals surface area contributed by atoms with E-state index in [1.807, 2.05) is 26.0 Å². The predicted molar refractivity (Wildman–Crippen MR) is 134 cm³/mol. The quantitative estimate of drug-likeness (QED) is 0.340. The molecule has 0 saturated carbocycles. The highest BCUT2D eigenvalue weighted by molar-refractivity contribution is 5.94. The standard InChI is InChI=1S/C28H34N2O/c1-8-29-21(4)30-26-17-20(3)27(18-19(26)2)31-25-15-11-23(12-16-25)22-9-13-24(14-10-22)28(5,6)7/h9-18H,8H2,1-7H3,(H,29,30). The van der Waals surface area contributed by atoms with Gasteiger partial charge in [0, 0.05) is 12.2 Å². The molecule has 0 radical (unpaired) electrons. The van der Waals surface area contributed by atoms with E-state index in [9.17, 15) is 0 Å². The highest BCUT2D eigenvalue weighted by atomic mass is 16.5. The molecular formula is C28H34N2O. The Morgan fingerprint density at radius 3 is 2.00 bits per heavy atom. The van der Waals surface area contributed by atoms with Crippen molar-refractivity contribution in [1.82, 2.24) is 0 Å². The van der Waals surface area contributed by atoms with Crippen LogP contribution in [0.4, 0.5) is 5.69 Å². The molecule has 0 aliphatic rings. The highest BCUT2D eigenvalue weighted by Crippen LogP contribution is 2.32. The molecule has 31 heavy (non-hydrogen) atoms. The molecule has 3 rings (SSSR count). The molecule has 0 aliphatic carbocycles. The Morgan fingerprint density at radius 2 is 1.45 bits per heavy atom. The van der Waals surface area contributed by atoms with E-state index >= 15 is 0 Å². The third kappa shape index (κ3) is 5.75. The van der Waals surface area contributed by atoms with Crippen LogP contribution < -0.4 is 10.1 Å². The van der Waals surface area contributed by atoms with Crippen molar-refractivity contribution in [2.75, 3.05) is 11.9 Å². The third-order valence-corrected chi connectivity index (χ3v) is 5.40. The van der Waals surface area contributed by atoms with Crippen LogP contribution in [0.1, 0.15) is 51.3 Å². The van der Waals surface area contributed by atoms with Crippen LogP contribution in [0.3, 0.4) is 0 Å².